The third-order valence-corrected chi connectivity index (χ3v) is 3.31. The second-order valence-corrected chi connectivity index (χ2v) is 4.33. The number of hydrogen-bond acceptors (Lipinski definition) is 4. The van der Waals surface area contributed by atoms with E-state index in [2.05, 4.69) is 43.0 Å². The Morgan fingerprint density at radius 1 is 1.25 bits per heavy atom. The Morgan fingerprint density at radius 3 is 2.38 bits per heavy atom. The van der Waals surface area contributed by atoms with Crippen LogP contribution in [0.15, 0.2) is 6.33 Å². The van der Waals surface area contributed by atoms with E-state index in [0.29, 0.717) is 5.82 Å². The Balaban J connectivity index is 3.01. The highest BCUT2D eigenvalue weighted by molar-refractivity contribution is 5.55. The molecule has 3 N–H and O–H groups in total. The SMILES string of the molecule is CCc1c(N)ncnc1NC(C)(CC)CC. The molecule has 0 aliphatic heterocycles. The van der Waals surface area contributed by atoms with Crippen LogP contribution in [-0.2, 0) is 6.42 Å². The van der Waals surface area contributed by atoms with Crippen LogP contribution in [0.5, 0.6) is 0 Å². The van der Waals surface area contributed by atoms with Gasteiger partial charge in [-0.05, 0) is 26.2 Å². The summed E-state index contributed by atoms with van der Waals surface area (Å²) in [5.41, 5.74) is 6.93. The maximum absolute atomic E-state index is 5.84. The van der Waals surface area contributed by atoms with E-state index in [1.165, 1.54) is 6.33 Å². The van der Waals surface area contributed by atoms with Crippen molar-refractivity contribution in [1.29, 1.82) is 0 Å². The normalized spacial score (nSPS) is 11.5. The standard InChI is InChI=1S/C12H22N4/c1-5-9-10(13)14-8-15-11(9)16-12(4,6-2)7-3/h8H,5-7H2,1-4H3,(H3,13,14,15,16). The Morgan fingerprint density at radius 2 is 1.88 bits per heavy atom. The molecule has 0 amide bonds. The number of nitrogens with one attached hydrogen (secondary N) is 1. The average molecular weight is 222 g/mol. The molecule has 1 heterocycles. The van der Waals surface area contributed by atoms with Crippen LogP contribution in [0.4, 0.5) is 11.6 Å². The van der Waals surface area contributed by atoms with Gasteiger partial charge in [0.1, 0.15) is 18.0 Å². The lowest BCUT2D eigenvalue weighted by Gasteiger charge is -2.29. The number of nitrogen functional groups attached to an aromatic ring is 1. The largest absolute Gasteiger partial charge is 0.383 e. The van der Waals surface area contributed by atoms with Gasteiger partial charge in [-0.25, -0.2) is 9.97 Å². The number of anilines is 2. The van der Waals surface area contributed by atoms with Gasteiger partial charge in [0.05, 0.1) is 0 Å². The first-order valence-corrected chi connectivity index (χ1v) is 5.93. The van der Waals surface area contributed by atoms with Crippen molar-refractivity contribution in [3.05, 3.63) is 11.9 Å². The van der Waals surface area contributed by atoms with Gasteiger partial charge in [0.25, 0.3) is 0 Å². The van der Waals surface area contributed by atoms with Crippen molar-refractivity contribution in [2.75, 3.05) is 11.1 Å². The van der Waals surface area contributed by atoms with Crippen molar-refractivity contribution < 1.29 is 0 Å². The first-order chi connectivity index (χ1) is 7.56. The van der Waals surface area contributed by atoms with Crippen LogP contribution in [0.3, 0.4) is 0 Å². The summed E-state index contributed by atoms with van der Waals surface area (Å²) in [7, 11) is 0. The van der Waals surface area contributed by atoms with Crippen LogP contribution >= 0.6 is 0 Å². The zero-order chi connectivity index (χ0) is 12.2. The highest BCUT2D eigenvalue weighted by Crippen LogP contribution is 2.24. The summed E-state index contributed by atoms with van der Waals surface area (Å²) in [4.78, 5) is 8.31. The fourth-order valence-corrected chi connectivity index (χ4v) is 1.59. The molecule has 1 aromatic rings. The maximum Gasteiger partial charge on any atom is 0.135 e. The minimum Gasteiger partial charge on any atom is -0.383 e. The summed E-state index contributed by atoms with van der Waals surface area (Å²) >= 11 is 0. The molecule has 4 nitrogen and oxygen atoms in total. The predicted molar refractivity (Wildman–Crippen MR) is 68.4 cm³/mol. The van der Waals surface area contributed by atoms with Gasteiger partial charge in [-0.1, -0.05) is 20.8 Å². The Hall–Kier alpha value is -1.32. The molecule has 0 saturated carbocycles. The van der Waals surface area contributed by atoms with Gasteiger partial charge >= 0.3 is 0 Å². The van der Waals surface area contributed by atoms with E-state index in [1.54, 1.807) is 0 Å². The van der Waals surface area contributed by atoms with E-state index in [9.17, 15) is 0 Å². The van der Waals surface area contributed by atoms with E-state index in [1.807, 2.05) is 0 Å². The van der Waals surface area contributed by atoms with E-state index in [0.717, 1.165) is 30.6 Å². The van der Waals surface area contributed by atoms with Crippen LogP contribution in [-0.4, -0.2) is 15.5 Å². The Kier molecular flexibility index (Phi) is 4.10. The highest BCUT2D eigenvalue weighted by atomic mass is 15.1. The lowest BCUT2D eigenvalue weighted by molar-refractivity contribution is 0.476. The van der Waals surface area contributed by atoms with Crippen LogP contribution in [0.1, 0.15) is 46.1 Å². The molecule has 0 aliphatic rings. The number of nitrogens with zero attached hydrogens (tertiary/aromatic N) is 2. The molecular weight excluding hydrogens is 200 g/mol. The molecule has 16 heavy (non-hydrogen) atoms. The molecule has 90 valence electrons. The van der Waals surface area contributed by atoms with Gasteiger partial charge in [-0.2, -0.15) is 0 Å². The molecule has 0 aromatic carbocycles. The van der Waals surface area contributed by atoms with Crippen molar-refractivity contribution in [2.45, 2.75) is 52.5 Å². The van der Waals surface area contributed by atoms with Crippen LogP contribution in [0, 0.1) is 0 Å². The molecule has 0 aliphatic carbocycles. The zero-order valence-electron chi connectivity index (χ0n) is 10.7. The van der Waals surface area contributed by atoms with Crippen molar-refractivity contribution >= 4 is 11.6 Å². The fraction of sp³-hybridized carbons (Fsp3) is 0.667. The maximum atomic E-state index is 5.84. The first-order valence-electron chi connectivity index (χ1n) is 5.93. The van der Waals surface area contributed by atoms with E-state index in [-0.39, 0.29) is 5.54 Å². The first kappa shape index (κ1) is 12.7. The zero-order valence-corrected chi connectivity index (χ0v) is 10.7. The van der Waals surface area contributed by atoms with E-state index >= 15 is 0 Å². The minimum atomic E-state index is 0.0741. The molecule has 0 saturated heterocycles. The monoisotopic (exact) mass is 222 g/mol. The van der Waals surface area contributed by atoms with Crippen LogP contribution in [0.2, 0.25) is 0 Å². The van der Waals surface area contributed by atoms with E-state index in [4.69, 9.17) is 5.73 Å². The van der Waals surface area contributed by atoms with Gasteiger partial charge in [0.15, 0.2) is 0 Å². The minimum absolute atomic E-state index is 0.0741. The summed E-state index contributed by atoms with van der Waals surface area (Å²) in [5, 5.41) is 3.48. The average Bonchev–Trinajstić information content (AvgIpc) is 2.29. The lowest BCUT2D eigenvalue weighted by Crippen LogP contribution is -2.34. The highest BCUT2D eigenvalue weighted by Gasteiger charge is 2.21. The molecule has 0 fully saturated rings. The molecule has 1 rings (SSSR count). The smallest absolute Gasteiger partial charge is 0.135 e. The Labute approximate surface area is 97.7 Å². The van der Waals surface area contributed by atoms with Crippen molar-refractivity contribution in [3.8, 4) is 0 Å². The van der Waals surface area contributed by atoms with Crippen molar-refractivity contribution in [2.24, 2.45) is 0 Å². The number of nitrogens with two attached hydrogens (primary N) is 1. The number of hydrogen-bond donors (Lipinski definition) is 2. The lowest BCUT2D eigenvalue weighted by atomic mass is 9.95. The number of rotatable bonds is 5. The van der Waals surface area contributed by atoms with Gasteiger partial charge in [0, 0.05) is 11.1 Å². The van der Waals surface area contributed by atoms with Gasteiger partial charge in [0.2, 0.25) is 0 Å². The molecule has 0 radical (unpaired) electrons. The van der Waals surface area contributed by atoms with Crippen molar-refractivity contribution in [3.63, 3.8) is 0 Å². The molecular formula is C12H22N4. The summed E-state index contributed by atoms with van der Waals surface area (Å²) in [6, 6.07) is 0. The molecule has 0 spiro atoms. The van der Waals surface area contributed by atoms with Crippen LogP contribution < -0.4 is 11.1 Å². The third-order valence-electron chi connectivity index (χ3n) is 3.31. The van der Waals surface area contributed by atoms with E-state index < -0.39 is 0 Å². The molecule has 1 aromatic heterocycles. The Bertz CT molecular complexity index is 345. The fourth-order valence-electron chi connectivity index (χ4n) is 1.59. The number of aromatic nitrogens is 2. The summed E-state index contributed by atoms with van der Waals surface area (Å²) in [6.45, 7) is 8.61. The summed E-state index contributed by atoms with van der Waals surface area (Å²) in [6.07, 6.45) is 4.47. The van der Waals surface area contributed by atoms with Gasteiger partial charge < -0.3 is 11.1 Å². The van der Waals surface area contributed by atoms with Crippen molar-refractivity contribution in [1.82, 2.24) is 9.97 Å². The second-order valence-electron chi connectivity index (χ2n) is 4.33. The van der Waals surface area contributed by atoms with Gasteiger partial charge in [-0.3, -0.25) is 0 Å². The predicted octanol–water partition coefficient (Wildman–Crippen LogP) is 2.61. The quantitative estimate of drug-likeness (QED) is 0.803. The molecule has 0 bridgehead atoms. The molecule has 0 unspecified atom stereocenters. The summed E-state index contributed by atoms with van der Waals surface area (Å²) in [5.74, 6) is 1.45. The van der Waals surface area contributed by atoms with Crippen LogP contribution in [0.25, 0.3) is 0 Å². The molecule has 0 atom stereocenters. The third kappa shape index (κ3) is 2.62. The topological polar surface area (TPSA) is 63.8 Å². The molecule has 4 heteroatoms. The second kappa shape index (κ2) is 5.14. The van der Waals surface area contributed by atoms with Gasteiger partial charge in [-0.15, -0.1) is 0 Å². The summed E-state index contributed by atoms with van der Waals surface area (Å²) < 4.78 is 0.